The lowest BCUT2D eigenvalue weighted by atomic mass is 10.3. The number of nitrogens with two attached hydrogens (primary N) is 1. The van der Waals surface area contributed by atoms with Gasteiger partial charge in [0.25, 0.3) is 0 Å². The number of fused-ring (bicyclic) bond motifs is 1. The highest BCUT2D eigenvalue weighted by molar-refractivity contribution is 7.18. The van der Waals surface area contributed by atoms with Crippen LogP contribution in [0.2, 0.25) is 5.02 Å². The van der Waals surface area contributed by atoms with E-state index < -0.39 is 0 Å². The van der Waals surface area contributed by atoms with E-state index in [0.717, 1.165) is 28.1 Å². The Kier molecular flexibility index (Phi) is 7.23. The maximum absolute atomic E-state index is 11.4. The number of hydrogen-bond donors (Lipinski definition) is 2. The van der Waals surface area contributed by atoms with Gasteiger partial charge >= 0.3 is 0 Å². The second-order valence-electron chi connectivity index (χ2n) is 4.21. The molecule has 1 amide bonds. The molecule has 1 heterocycles. The van der Waals surface area contributed by atoms with Gasteiger partial charge in [-0.05, 0) is 31.2 Å². The number of carbonyl (C=O) groups excluding carboxylic acids is 1. The normalized spacial score (nSPS) is 10.3. The predicted octanol–water partition coefficient (Wildman–Crippen LogP) is 2.77. The third-order valence-electron chi connectivity index (χ3n) is 2.66. The van der Waals surface area contributed by atoms with Crippen LogP contribution in [0.25, 0.3) is 10.2 Å². The molecular formula is C13H17Cl2N3OS. The average Bonchev–Trinajstić information content (AvgIpc) is 2.78. The van der Waals surface area contributed by atoms with E-state index in [-0.39, 0.29) is 18.3 Å². The van der Waals surface area contributed by atoms with Crippen molar-refractivity contribution in [2.45, 2.75) is 19.3 Å². The summed E-state index contributed by atoms with van der Waals surface area (Å²) in [6, 6.07) is 5.69. The monoisotopic (exact) mass is 333 g/mol. The molecule has 0 saturated carbocycles. The van der Waals surface area contributed by atoms with E-state index in [0.29, 0.717) is 24.5 Å². The molecule has 1 aromatic heterocycles. The summed E-state index contributed by atoms with van der Waals surface area (Å²) in [5.41, 5.74) is 6.27. The van der Waals surface area contributed by atoms with E-state index in [2.05, 4.69) is 10.3 Å². The molecule has 2 rings (SSSR count). The summed E-state index contributed by atoms with van der Waals surface area (Å²) in [5.74, 6) is 0.0506. The van der Waals surface area contributed by atoms with Gasteiger partial charge in [0.1, 0.15) is 0 Å². The molecule has 2 aromatic rings. The number of halogens is 2. The molecule has 1 aromatic carbocycles. The molecule has 0 saturated heterocycles. The van der Waals surface area contributed by atoms with Crippen LogP contribution < -0.4 is 11.1 Å². The fraction of sp³-hybridized carbons (Fsp3) is 0.385. The number of amides is 1. The predicted molar refractivity (Wildman–Crippen MR) is 86.9 cm³/mol. The summed E-state index contributed by atoms with van der Waals surface area (Å²) in [6.07, 6.45) is 1.96. The Bertz CT molecular complexity index is 574. The molecule has 0 atom stereocenters. The van der Waals surface area contributed by atoms with Crippen molar-refractivity contribution in [3.63, 3.8) is 0 Å². The van der Waals surface area contributed by atoms with Gasteiger partial charge in [0.2, 0.25) is 5.91 Å². The molecule has 4 nitrogen and oxygen atoms in total. The van der Waals surface area contributed by atoms with Crippen LogP contribution in [0, 0.1) is 0 Å². The van der Waals surface area contributed by atoms with E-state index in [1.54, 1.807) is 11.3 Å². The van der Waals surface area contributed by atoms with Gasteiger partial charge in [-0.3, -0.25) is 4.79 Å². The first-order valence-corrected chi connectivity index (χ1v) is 7.40. The molecule has 110 valence electrons. The van der Waals surface area contributed by atoms with E-state index in [9.17, 15) is 4.79 Å². The van der Waals surface area contributed by atoms with Crippen molar-refractivity contribution in [1.29, 1.82) is 0 Å². The van der Waals surface area contributed by atoms with Gasteiger partial charge in [-0.15, -0.1) is 23.7 Å². The topological polar surface area (TPSA) is 68.0 Å². The molecule has 0 radical (unpaired) electrons. The Morgan fingerprint density at radius 2 is 2.25 bits per heavy atom. The molecule has 20 heavy (non-hydrogen) atoms. The summed E-state index contributed by atoms with van der Waals surface area (Å²) < 4.78 is 1.12. The Hall–Kier alpha value is -0.880. The second-order valence-corrected chi connectivity index (χ2v) is 5.76. The molecule has 7 heteroatoms. The lowest BCUT2D eigenvalue weighted by molar-refractivity contribution is -0.121. The van der Waals surface area contributed by atoms with Gasteiger partial charge < -0.3 is 11.1 Å². The number of rotatable bonds is 6. The average molecular weight is 334 g/mol. The van der Waals surface area contributed by atoms with E-state index in [4.69, 9.17) is 17.3 Å². The molecule has 0 fully saturated rings. The standard InChI is InChI=1S/C13H16ClN3OS.ClH/c14-9-3-4-11-10(8-9)17-13(19-11)5-7-16-12(18)2-1-6-15;/h3-4,8H,1-2,5-7,15H2,(H,16,18);1H. The first kappa shape index (κ1) is 17.2. The minimum Gasteiger partial charge on any atom is -0.356 e. The summed E-state index contributed by atoms with van der Waals surface area (Å²) in [7, 11) is 0. The Morgan fingerprint density at radius 1 is 1.45 bits per heavy atom. The number of hydrogen-bond acceptors (Lipinski definition) is 4. The number of nitrogens with one attached hydrogen (secondary N) is 1. The highest BCUT2D eigenvalue weighted by Gasteiger charge is 2.05. The third-order valence-corrected chi connectivity index (χ3v) is 3.99. The Morgan fingerprint density at radius 3 is 3.00 bits per heavy atom. The van der Waals surface area contributed by atoms with E-state index in [1.807, 2.05) is 18.2 Å². The molecule has 0 spiro atoms. The van der Waals surface area contributed by atoms with Crippen molar-refractivity contribution in [2.75, 3.05) is 13.1 Å². The summed E-state index contributed by atoms with van der Waals surface area (Å²) >= 11 is 7.55. The highest BCUT2D eigenvalue weighted by Crippen LogP contribution is 2.24. The Labute approximate surface area is 133 Å². The Balaban J connectivity index is 0.00000200. The molecule has 0 aliphatic carbocycles. The minimum absolute atomic E-state index is 0. The van der Waals surface area contributed by atoms with Gasteiger partial charge in [-0.1, -0.05) is 11.6 Å². The molecule has 0 aliphatic heterocycles. The lowest BCUT2D eigenvalue weighted by Crippen LogP contribution is -2.25. The number of nitrogens with zero attached hydrogens (tertiary/aromatic N) is 1. The van der Waals surface area contributed by atoms with Crippen molar-refractivity contribution in [3.05, 3.63) is 28.2 Å². The molecular weight excluding hydrogens is 317 g/mol. The van der Waals surface area contributed by atoms with Crippen LogP contribution in [0.4, 0.5) is 0 Å². The number of carbonyl (C=O) groups is 1. The number of thiazole rings is 1. The van der Waals surface area contributed by atoms with Crippen LogP contribution in [0.5, 0.6) is 0 Å². The van der Waals surface area contributed by atoms with Crippen LogP contribution in [-0.4, -0.2) is 24.0 Å². The van der Waals surface area contributed by atoms with Crippen molar-refractivity contribution < 1.29 is 4.79 Å². The first-order chi connectivity index (χ1) is 9.19. The van der Waals surface area contributed by atoms with Crippen LogP contribution in [-0.2, 0) is 11.2 Å². The second kappa shape index (κ2) is 8.42. The third kappa shape index (κ3) is 4.90. The first-order valence-electron chi connectivity index (χ1n) is 6.21. The van der Waals surface area contributed by atoms with Gasteiger partial charge in [0.15, 0.2) is 0 Å². The van der Waals surface area contributed by atoms with Gasteiger partial charge in [0, 0.05) is 24.4 Å². The number of aromatic nitrogens is 1. The van der Waals surface area contributed by atoms with Crippen molar-refractivity contribution in [2.24, 2.45) is 5.73 Å². The SMILES string of the molecule is Cl.NCCCC(=O)NCCc1nc2cc(Cl)ccc2s1. The summed E-state index contributed by atoms with van der Waals surface area (Å²) in [4.78, 5) is 15.9. The lowest BCUT2D eigenvalue weighted by Gasteiger charge is -2.02. The van der Waals surface area contributed by atoms with Gasteiger partial charge in [-0.2, -0.15) is 0 Å². The summed E-state index contributed by atoms with van der Waals surface area (Å²) in [6.45, 7) is 1.16. The summed E-state index contributed by atoms with van der Waals surface area (Å²) in [5, 5.41) is 4.57. The molecule has 0 bridgehead atoms. The van der Waals surface area contributed by atoms with E-state index in [1.165, 1.54) is 0 Å². The van der Waals surface area contributed by atoms with E-state index >= 15 is 0 Å². The molecule has 0 aliphatic rings. The van der Waals surface area contributed by atoms with Crippen molar-refractivity contribution in [3.8, 4) is 0 Å². The minimum atomic E-state index is 0. The quantitative estimate of drug-likeness (QED) is 0.854. The fourth-order valence-corrected chi connectivity index (χ4v) is 2.83. The van der Waals surface area contributed by atoms with Gasteiger partial charge in [-0.25, -0.2) is 4.98 Å². The zero-order valence-electron chi connectivity index (χ0n) is 10.9. The molecule has 0 unspecified atom stereocenters. The zero-order valence-corrected chi connectivity index (χ0v) is 13.3. The van der Waals surface area contributed by atoms with Crippen LogP contribution in [0.15, 0.2) is 18.2 Å². The maximum Gasteiger partial charge on any atom is 0.220 e. The van der Waals surface area contributed by atoms with Crippen LogP contribution >= 0.6 is 35.3 Å². The largest absolute Gasteiger partial charge is 0.356 e. The molecule has 3 N–H and O–H groups in total. The fourth-order valence-electron chi connectivity index (χ4n) is 1.72. The van der Waals surface area contributed by atoms with Crippen LogP contribution in [0.1, 0.15) is 17.8 Å². The highest BCUT2D eigenvalue weighted by atomic mass is 35.5. The number of benzene rings is 1. The zero-order chi connectivity index (χ0) is 13.7. The van der Waals surface area contributed by atoms with Crippen molar-refractivity contribution in [1.82, 2.24) is 10.3 Å². The smallest absolute Gasteiger partial charge is 0.220 e. The maximum atomic E-state index is 11.4. The van der Waals surface area contributed by atoms with Crippen molar-refractivity contribution >= 4 is 51.5 Å². The van der Waals surface area contributed by atoms with Crippen LogP contribution in [0.3, 0.4) is 0 Å². The van der Waals surface area contributed by atoms with Gasteiger partial charge in [0.05, 0.1) is 15.2 Å².